The molecule has 86 valence electrons. The second-order valence-electron chi connectivity index (χ2n) is 4.17. The van der Waals surface area contributed by atoms with Crippen LogP contribution in [0.3, 0.4) is 0 Å². The van der Waals surface area contributed by atoms with Gasteiger partial charge in [0, 0.05) is 13.0 Å². The minimum atomic E-state index is -0.270. The Bertz CT molecular complexity index is 370. The van der Waals surface area contributed by atoms with Crippen LogP contribution in [0.2, 0.25) is 0 Å². The number of benzene rings is 1. The van der Waals surface area contributed by atoms with Crippen LogP contribution in [0.15, 0.2) is 24.3 Å². The van der Waals surface area contributed by atoms with Crippen LogP contribution in [0.4, 0.5) is 0 Å². The summed E-state index contributed by atoms with van der Waals surface area (Å²) in [5, 5.41) is 3.48. The first-order valence-electron chi connectivity index (χ1n) is 5.77. The van der Waals surface area contributed by atoms with Gasteiger partial charge in [-0.3, -0.25) is 4.79 Å². The minimum absolute atomic E-state index is 0.270. The summed E-state index contributed by atoms with van der Waals surface area (Å²) in [6.45, 7) is 2.49. The number of ether oxygens (including phenoxy) is 1. The number of hydrogen-bond acceptors (Lipinski definition) is 3. The molecule has 1 aliphatic heterocycles. The number of carbonyl (C=O) groups excluding carboxylic acids is 1. The summed E-state index contributed by atoms with van der Waals surface area (Å²) < 4.78 is 5.08. The van der Waals surface area contributed by atoms with Crippen LogP contribution < -0.4 is 10.1 Å². The Hall–Kier alpha value is -1.35. The third-order valence-corrected chi connectivity index (χ3v) is 2.83. The van der Waals surface area contributed by atoms with Gasteiger partial charge in [-0.25, -0.2) is 0 Å². The maximum absolute atomic E-state index is 10.9. The number of piperidine rings is 1. The zero-order valence-corrected chi connectivity index (χ0v) is 9.53. The highest BCUT2D eigenvalue weighted by molar-refractivity contribution is 5.69. The fourth-order valence-corrected chi connectivity index (χ4v) is 2.10. The van der Waals surface area contributed by atoms with E-state index in [-0.39, 0.29) is 5.97 Å². The highest BCUT2D eigenvalue weighted by atomic mass is 16.5. The summed E-state index contributed by atoms with van der Waals surface area (Å²) in [5.41, 5.74) is 1.21. The number of esters is 1. The first kappa shape index (κ1) is 11.1. The second-order valence-corrected chi connectivity index (χ2v) is 4.17. The van der Waals surface area contributed by atoms with Crippen molar-refractivity contribution in [2.24, 2.45) is 0 Å². The number of rotatable bonds is 2. The highest BCUT2D eigenvalue weighted by Gasteiger charge is 2.14. The van der Waals surface area contributed by atoms with Crippen molar-refractivity contribution >= 4 is 5.97 Å². The standard InChI is InChI=1S/C13H17NO2/c1-10(15)16-12-6-4-5-11(9-12)13-7-2-3-8-14-13/h4-6,9,13-14H,2-3,7-8H2,1H3/t13-/m0/s1. The Morgan fingerprint density at radius 3 is 3.00 bits per heavy atom. The predicted molar refractivity (Wildman–Crippen MR) is 62.3 cm³/mol. The fraction of sp³-hybridized carbons (Fsp3) is 0.462. The highest BCUT2D eigenvalue weighted by Crippen LogP contribution is 2.25. The Kier molecular flexibility index (Phi) is 3.57. The number of hydrogen-bond donors (Lipinski definition) is 1. The average molecular weight is 219 g/mol. The molecule has 0 spiro atoms. The van der Waals surface area contributed by atoms with Crippen LogP contribution in [0.25, 0.3) is 0 Å². The second kappa shape index (κ2) is 5.12. The third kappa shape index (κ3) is 2.83. The van der Waals surface area contributed by atoms with Crippen LogP contribution in [-0.2, 0) is 4.79 Å². The van der Waals surface area contributed by atoms with Crippen molar-refractivity contribution in [2.45, 2.75) is 32.2 Å². The summed E-state index contributed by atoms with van der Waals surface area (Å²) in [4.78, 5) is 10.9. The zero-order chi connectivity index (χ0) is 11.4. The minimum Gasteiger partial charge on any atom is -0.427 e. The molecule has 1 aromatic carbocycles. The molecule has 0 saturated carbocycles. The van der Waals surface area contributed by atoms with Crippen LogP contribution in [0.1, 0.15) is 37.8 Å². The number of carbonyl (C=O) groups is 1. The van der Waals surface area contributed by atoms with E-state index in [1.807, 2.05) is 18.2 Å². The van der Waals surface area contributed by atoms with E-state index < -0.39 is 0 Å². The van der Waals surface area contributed by atoms with Crippen molar-refractivity contribution in [1.82, 2.24) is 5.32 Å². The predicted octanol–water partition coefficient (Wildman–Crippen LogP) is 2.43. The van der Waals surface area contributed by atoms with E-state index in [9.17, 15) is 4.79 Å². The van der Waals surface area contributed by atoms with E-state index in [1.54, 1.807) is 0 Å². The van der Waals surface area contributed by atoms with Crippen molar-refractivity contribution in [3.8, 4) is 5.75 Å². The molecule has 0 radical (unpaired) electrons. The molecule has 0 unspecified atom stereocenters. The molecule has 3 heteroatoms. The lowest BCUT2D eigenvalue weighted by atomic mass is 9.97. The van der Waals surface area contributed by atoms with Gasteiger partial charge < -0.3 is 10.1 Å². The molecular formula is C13H17NO2. The first-order valence-corrected chi connectivity index (χ1v) is 5.77. The average Bonchev–Trinajstić information content (AvgIpc) is 2.30. The number of nitrogens with one attached hydrogen (secondary N) is 1. The Balaban J connectivity index is 2.11. The molecule has 1 N–H and O–H groups in total. The third-order valence-electron chi connectivity index (χ3n) is 2.83. The lowest BCUT2D eigenvalue weighted by Gasteiger charge is -2.24. The van der Waals surface area contributed by atoms with Gasteiger partial charge in [0.25, 0.3) is 0 Å². The van der Waals surface area contributed by atoms with Gasteiger partial charge in [0.05, 0.1) is 0 Å². The lowest BCUT2D eigenvalue weighted by molar-refractivity contribution is -0.131. The Morgan fingerprint density at radius 1 is 1.44 bits per heavy atom. The molecule has 2 rings (SSSR count). The van der Waals surface area contributed by atoms with Crippen LogP contribution in [0, 0.1) is 0 Å². The van der Waals surface area contributed by atoms with Gasteiger partial charge in [0.15, 0.2) is 0 Å². The molecule has 1 atom stereocenters. The maximum atomic E-state index is 10.9. The van der Waals surface area contributed by atoms with E-state index in [2.05, 4.69) is 11.4 Å². The van der Waals surface area contributed by atoms with Gasteiger partial charge >= 0.3 is 5.97 Å². The van der Waals surface area contributed by atoms with E-state index in [0.717, 1.165) is 13.0 Å². The van der Waals surface area contributed by atoms with Crippen molar-refractivity contribution in [3.05, 3.63) is 29.8 Å². The molecule has 16 heavy (non-hydrogen) atoms. The van der Waals surface area contributed by atoms with Crippen LogP contribution in [-0.4, -0.2) is 12.5 Å². The normalized spacial score (nSPS) is 20.4. The van der Waals surface area contributed by atoms with Crippen molar-refractivity contribution in [2.75, 3.05) is 6.54 Å². The molecule has 1 fully saturated rings. The summed E-state index contributed by atoms with van der Waals surface area (Å²) in [6.07, 6.45) is 3.67. The van der Waals surface area contributed by atoms with Gasteiger partial charge in [-0.05, 0) is 37.1 Å². The molecule has 0 aromatic heterocycles. The van der Waals surface area contributed by atoms with Gasteiger partial charge in [0.2, 0.25) is 0 Å². The molecule has 1 aromatic rings. The summed E-state index contributed by atoms with van der Waals surface area (Å²) in [5.74, 6) is 0.367. The van der Waals surface area contributed by atoms with Crippen LogP contribution >= 0.6 is 0 Å². The van der Waals surface area contributed by atoms with E-state index >= 15 is 0 Å². The molecule has 3 nitrogen and oxygen atoms in total. The molecule has 1 aliphatic rings. The van der Waals surface area contributed by atoms with Gasteiger partial charge in [-0.15, -0.1) is 0 Å². The van der Waals surface area contributed by atoms with Crippen molar-refractivity contribution in [3.63, 3.8) is 0 Å². The van der Waals surface area contributed by atoms with Gasteiger partial charge in [0.1, 0.15) is 5.75 Å². The summed E-state index contributed by atoms with van der Waals surface area (Å²) in [7, 11) is 0. The maximum Gasteiger partial charge on any atom is 0.308 e. The lowest BCUT2D eigenvalue weighted by Crippen LogP contribution is -2.26. The van der Waals surface area contributed by atoms with Crippen molar-refractivity contribution in [1.29, 1.82) is 0 Å². The smallest absolute Gasteiger partial charge is 0.308 e. The molecule has 0 bridgehead atoms. The SMILES string of the molecule is CC(=O)Oc1cccc([C@@H]2CCCCN2)c1. The first-order chi connectivity index (χ1) is 7.75. The molecule has 1 heterocycles. The van der Waals surface area contributed by atoms with Crippen LogP contribution in [0.5, 0.6) is 5.75 Å². The summed E-state index contributed by atoms with van der Waals surface area (Å²) in [6, 6.07) is 8.18. The Labute approximate surface area is 95.8 Å². The molecular weight excluding hydrogens is 202 g/mol. The summed E-state index contributed by atoms with van der Waals surface area (Å²) >= 11 is 0. The van der Waals surface area contributed by atoms with Crippen molar-refractivity contribution < 1.29 is 9.53 Å². The zero-order valence-electron chi connectivity index (χ0n) is 9.53. The molecule has 0 aliphatic carbocycles. The van der Waals surface area contributed by atoms with E-state index in [4.69, 9.17) is 4.74 Å². The monoisotopic (exact) mass is 219 g/mol. The quantitative estimate of drug-likeness (QED) is 0.613. The van der Waals surface area contributed by atoms with Gasteiger partial charge in [-0.2, -0.15) is 0 Å². The molecule has 0 amide bonds. The molecule has 1 saturated heterocycles. The topological polar surface area (TPSA) is 38.3 Å². The Morgan fingerprint density at radius 2 is 2.31 bits per heavy atom. The van der Waals surface area contributed by atoms with Gasteiger partial charge in [-0.1, -0.05) is 18.6 Å². The fourth-order valence-electron chi connectivity index (χ4n) is 2.10. The van der Waals surface area contributed by atoms with E-state index in [0.29, 0.717) is 11.8 Å². The largest absolute Gasteiger partial charge is 0.427 e. The van der Waals surface area contributed by atoms with E-state index in [1.165, 1.54) is 25.3 Å².